The molecule has 0 atom stereocenters. The molecule has 0 aromatic carbocycles. The normalized spacial score (nSPS) is 18.4. The van der Waals surface area contributed by atoms with E-state index < -0.39 is 0 Å². The number of hydrogen-bond acceptors (Lipinski definition) is 1. The molecule has 0 amide bonds. The summed E-state index contributed by atoms with van der Waals surface area (Å²) in [5.74, 6) is 0.795. The van der Waals surface area contributed by atoms with Crippen LogP contribution in [0.2, 0.25) is 0 Å². The minimum absolute atomic E-state index is 0.375. The second-order valence-corrected chi connectivity index (χ2v) is 5.23. The molecule has 0 saturated heterocycles. The molecule has 1 saturated carbocycles. The maximum absolute atomic E-state index is 6.12. The van der Waals surface area contributed by atoms with Crippen molar-refractivity contribution in [1.82, 2.24) is 9.78 Å². The number of aromatic nitrogens is 2. The maximum Gasteiger partial charge on any atom is 0.0624 e. The Morgan fingerprint density at radius 2 is 2.19 bits per heavy atom. The van der Waals surface area contributed by atoms with Gasteiger partial charge in [-0.25, -0.2) is 0 Å². The molecular weight excluding hydrogens is 220 g/mol. The quantitative estimate of drug-likeness (QED) is 0.722. The van der Waals surface area contributed by atoms with Crippen molar-refractivity contribution >= 4 is 11.6 Å². The Bertz CT molecular complexity index is 347. The fourth-order valence-electron chi connectivity index (χ4n) is 2.52. The number of halogens is 1. The minimum atomic E-state index is 0.375. The van der Waals surface area contributed by atoms with Crippen molar-refractivity contribution in [3.63, 3.8) is 0 Å². The summed E-state index contributed by atoms with van der Waals surface area (Å²) in [6, 6.07) is 2.26. The van der Waals surface area contributed by atoms with E-state index in [2.05, 4.69) is 29.7 Å². The van der Waals surface area contributed by atoms with E-state index in [9.17, 15) is 0 Å². The molecule has 90 valence electrons. The lowest BCUT2D eigenvalue weighted by molar-refractivity contribution is 0.162. The summed E-state index contributed by atoms with van der Waals surface area (Å²) in [4.78, 5) is 0. The van der Waals surface area contributed by atoms with Crippen LogP contribution in [0.25, 0.3) is 0 Å². The van der Waals surface area contributed by atoms with Crippen LogP contribution in [0, 0.1) is 5.41 Å². The molecule has 1 aliphatic rings. The lowest BCUT2D eigenvalue weighted by atomic mass is 9.67. The Balaban J connectivity index is 2.16. The van der Waals surface area contributed by atoms with E-state index in [4.69, 9.17) is 11.6 Å². The molecule has 2 nitrogen and oxygen atoms in total. The molecule has 1 fully saturated rings. The first kappa shape index (κ1) is 12.0. The molecule has 2 rings (SSSR count). The summed E-state index contributed by atoms with van der Waals surface area (Å²) < 4.78 is 2.14. The summed E-state index contributed by atoms with van der Waals surface area (Å²) >= 11 is 6.12. The molecule has 1 aromatic heterocycles. The van der Waals surface area contributed by atoms with Gasteiger partial charge in [0.05, 0.1) is 5.69 Å². The van der Waals surface area contributed by atoms with E-state index >= 15 is 0 Å². The lowest BCUT2D eigenvalue weighted by Crippen LogP contribution is -2.34. The Labute approximate surface area is 103 Å². The van der Waals surface area contributed by atoms with E-state index in [-0.39, 0.29) is 0 Å². The van der Waals surface area contributed by atoms with Gasteiger partial charge in [0.2, 0.25) is 0 Å². The fraction of sp³-hybridized carbons (Fsp3) is 0.769. The van der Waals surface area contributed by atoms with Gasteiger partial charge < -0.3 is 0 Å². The fourth-order valence-corrected chi connectivity index (χ4v) is 2.88. The van der Waals surface area contributed by atoms with Crippen LogP contribution >= 0.6 is 11.6 Å². The van der Waals surface area contributed by atoms with Crippen LogP contribution in [0.5, 0.6) is 0 Å². The summed E-state index contributed by atoms with van der Waals surface area (Å²) in [6.07, 6.45) is 6.04. The van der Waals surface area contributed by atoms with E-state index in [1.165, 1.54) is 30.7 Å². The highest BCUT2D eigenvalue weighted by Crippen LogP contribution is 2.44. The first-order chi connectivity index (χ1) is 7.73. The van der Waals surface area contributed by atoms with Crippen LogP contribution in [-0.4, -0.2) is 15.7 Å². The molecule has 16 heavy (non-hydrogen) atoms. The predicted molar refractivity (Wildman–Crippen MR) is 68.0 cm³/mol. The number of aryl methyl sites for hydroxylation is 2. The highest BCUT2D eigenvalue weighted by molar-refractivity contribution is 6.18. The van der Waals surface area contributed by atoms with Gasteiger partial charge in [0.25, 0.3) is 0 Å². The Morgan fingerprint density at radius 1 is 1.44 bits per heavy atom. The second-order valence-electron chi connectivity index (χ2n) is 4.96. The zero-order valence-electron chi connectivity index (χ0n) is 10.3. The van der Waals surface area contributed by atoms with Crippen LogP contribution < -0.4 is 0 Å². The van der Waals surface area contributed by atoms with E-state index in [0.29, 0.717) is 5.41 Å². The molecular formula is C13H21ClN2. The molecule has 0 radical (unpaired) electrons. The topological polar surface area (TPSA) is 17.8 Å². The Hall–Kier alpha value is -0.500. The molecule has 3 heteroatoms. The van der Waals surface area contributed by atoms with Gasteiger partial charge in [-0.2, -0.15) is 5.10 Å². The SMILES string of the molecule is CCc1cc(CC2(CCl)CCC2)n(CC)n1. The first-order valence-electron chi connectivity index (χ1n) is 6.34. The van der Waals surface area contributed by atoms with Crippen LogP contribution in [-0.2, 0) is 19.4 Å². The monoisotopic (exact) mass is 240 g/mol. The molecule has 0 spiro atoms. The van der Waals surface area contributed by atoms with Crippen molar-refractivity contribution < 1.29 is 0 Å². The molecule has 1 aromatic rings. The molecule has 1 aliphatic carbocycles. The van der Waals surface area contributed by atoms with Crippen molar-refractivity contribution in [3.05, 3.63) is 17.5 Å². The molecule has 0 N–H and O–H groups in total. The van der Waals surface area contributed by atoms with Crippen molar-refractivity contribution in [2.45, 2.75) is 52.5 Å². The minimum Gasteiger partial charge on any atom is -0.270 e. The molecule has 0 bridgehead atoms. The van der Waals surface area contributed by atoms with E-state index in [1.807, 2.05) is 0 Å². The van der Waals surface area contributed by atoms with Crippen LogP contribution in [0.3, 0.4) is 0 Å². The van der Waals surface area contributed by atoms with Gasteiger partial charge in [0.1, 0.15) is 0 Å². The third kappa shape index (κ3) is 2.13. The first-order valence-corrected chi connectivity index (χ1v) is 6.88. The van der Waals surface area contributed by atoms with Crippen molar-refractivity contribution in [1.29, 1.82) is 0 Å². The van der Waals surface area contributed by atoms with Gasteiger partial charge in [0, 0.05) is 18.1 Å². The molecule has 0 aliphatic heterocycles. The van der Waals surface area contributed by atoms with Crippen LogP contribution in [0.1, 0.15) is 44.5 Å². The smallest absolute Gasteiger partial charge is 0.0624 e. The van der Waals surface area contributed by atoms with Crippen molar-refractivity contribution in [2.75, 3.05) is 5.88 Å². The molecule has 1 heterocycles. The third-order valence-electron chi connectivity index (χ3n) is 3.83. The number of rotatable bonds is 5. The average Bonchev–Trinajstić information content (AvgIpc) is 2.65. The summed E-state index contributed by atoms with van der Waals surface area (Å²) in [6.45, 7) is 5.28. The van der Waals surface area contributed by atoms with Gasteiger partial charge in [-0.1, -0.05) is 13.3 Å². The zero-order chi connectivity index (χ0) is 11.6. The lowest BCUT2D eigenvalue weighted by Gasteiger charge is -2.40. The standard InChI is InChI=1S/C13H21ClN2/c1-3-11-8-12(16(4-2)15-11)9-13(10-14)6-5-7-13/h8H,3-7,9-10H2,1-2H3. The third-order valence-corrected chi connectivity index (χ3v) is 4.40. The highest BCUT2D eigenvalue weighted by atomic mass is 35.5. The van der Waals surface area contributed by atoms with Gasteiger partial charge in [0.15, 0.2) is 0 Å². The van der Waals surface area contributed by atoms with E-state index in [1.54, 1.807) is 0 Å². The van der Waals surface area contributed by atoms with Crippen LogP contribution in [0.4, 0.5) is 0 Å². The summed E-state index contributed by atoms with van der Waals surface area (Å²) in [5, 5.41) is 4.60. The predicted octanol–water partition coefficient (Wildman–Crippen LogP) is 3.42. The highest BCUT2D eigenvalue weighted by Gasteiger charge is 2.37. The Morgan fingerprint density at radius 3 is 2.62 bits per heavy atom. The number of hydrogen-bond donors (Lipinski definition) is 0. The van der Waals surface area contributed by atoms with E-state index in [0.717, 1.165) is 25.3 Å². The second kappa shape index (κ2) is 4.79. The number of nitrogens with zero attached hydrogens (tertiary/aromatic N) is 2. The van der Waals surface area contributed by atoms with Gasteiger partial charge in [-0.05, 0) is 44.1 Å². The van der Waals surface area contributed by atoms with Crippen molar-refractivity contribution in [2.24, 2.45) is 5.41 Å². The van der Waals surface area contributed by atoms with Crippen LogP contribution in [0.15, 0.2) is 6.07 Å². The van der Waals surface area contributed by atoms with Gasteiger partial charge in [-0.15, -0.1) is 11.6 Å². The summed E-state index contributed by atoms with van der Waals surface area (Å²) in [7, 11) is 0. The average molecular weight is 241 g/mol. The number of alkyl halides is 1. The van der Waals surface area contributed by atoms with Gasteiger partial charge in [-0.3, -0.25) is 4.68 Å². The largest absolute Gasteiger partial charge is 0.270 e. The van der Waals surface area contributed by atoms with Gasteiger partial charge >= 0.3 is 0 Å². The van der Waals surface area contributed by atoms with Crippen molar-refractivity contribution in [3.8, 4) is 0 Å². The Kier molecular flexibility index (Phi) is 3.58. The molecule has 0 unspecified atom stereocenters. The maximum atomic E-state index is 6.12. The zero-order valence-corrected chi connectivity index (χ0v) is 11.1. The summed E-state index contributed by atoms with van der Waals surface area (Å²) in [5.41, 5.74) is 2.96.